The number of halogens is 2. The van der Waals surface area contributed by atoms with Crippen LogP contribution in [0.3, 0.4) is 0 Å². The quantitative estimate of drug-likeness (QED) is 0.474. The maximum atomic E-state index is 11.2. The first-order valence-corrected chi connectivity index (χ1v) is 6.48. The lowest BCUT2D eigenvalue weighted by molar-refractivity contribution is -0.385. The van der Waals surface area contributed by atoms with Gasteiger partial charge in [-0.15, -0.1) is 0 Å². The Hall–Kier alpha value is -0.750. The Morgan fingerprint density at radius 2 is 2.19 bits per heavy atom. The SMILES string of the molecule is CC(=O)C(Br)c1ccc(CBr)cc1[N+](=O)[O-]. The van der Waals surface area contributed by atoms with Crippen molar-refractivity contribution in [1.82, 2.24) is 0 Å². The summed E-state index contributed by atoms with van der Waals surface area (Å²) in [5.41, 5.74) is 1.16. The van der Waals surface area contributed by atoms with Crippen molar-refractivity contribution in [2.45, 2.75) is 17.1 Å². The first kappa shape index (κ1) is 13.3. The third-order valence-corrected chi connectivity index (χ3v) is 3.86. The molecule has 0 amide bonds. The summed E-state index contributed by atoms with van der Waals surface area (Å²) in [4.78, 5) is 21.0. The van der Waals surface area contributed by atoms with Crippen molar-refractivity contribution in [3.63, 3.8) is 0 Å². The standard InChI is InChI=1S/C10H9Br2NO3/c1-6(14)10(12)8-3-2-7(5-11)4-9(8)13(15)16/h2-4,10H,5H2,1H3. The molecule has 86 valence electrons. The van der Waals surface area contributed by atoms with Gasteiger partial charge < -0.3 is 0 Å². The fourth-order valence-corrected chi connectivity index (χ4v) is 2.00. The zero-order chi connectivity index (χ0) is 12.3. The van der Waals surface area contributed by atoms with Gasteiger partial charge in [-0.1, -0.05) is 44.0 Å². The van der Waals surface area contributed by atoms with Crippen LogP contribution in [-0.4, -0.2) is 10.7 Å². The summed E-state index contributed by atoms with van der Waals surface area (Å²) in [5, 5.41) is 11.4. The first-order valence-electron chi connectivity index (χ1n) is 4.45. The number of carbonyl (C=O) groups excluding carboxylic acids is 1. The summed E-state index contributed by atoms with van der Waals surface area (Å²) < 4.78 is 0. The second-order valence-corrected chi connectivity index (χ2v) is 4.73. The molecule has 6 heteroatoms. The highest BCUT2D eigenvalue weighted by molar-refractivity contribution is 9.09. The Kier molecular flexibility index (Phi) is 4.61. The van der Waals surface area contributed by atoms with Crippen molar-refractivity contribution in [3.05, 3.63) is 39.4 Å². The van der Waals surface area contributed by atoms with Crippen LogP contribution in [0.15, 0.2) is 18.2 Å². The van der Waals surface area contributed by atoms with E-state index in [2.05, 4.69) is 31.9 Å². The highest BCUT2D eigenvalue weighted by Gasteiger charge is 2.23. The second kappa shape index (κ2) is 5.54. The van der Waals surface area contributed by atoms with E-state index in [4.69, 9.17) is 0 Å². The molecule has 0 spiro atoms. The van der Waals surface area contributed by atoms with Gasteiger partial charge >= 0.3 is 0 Å². The minimum absolute atomic E-state index is 0.0333. The third kappa shape index (κ3) is 2.89. The van der Waals surface area contributed by atoms with Crippen LogP contribution in [0.4, 0.5) is 5.69 Å². The van der Waals surface area contributed by atoms with Crippen LogP contribution in [0.1, 0.15) is 22.9 Å². The number of nitrogens with zero attached hydrogens (tertiary/aromatic N) is 1. The van der Waals surface area contributed by atoms with E-state index in [1.807, 2.05) is 0 Å². The number of nitro benzene ring substituents is 1. The second-order valence-electron chi connectivity index (χ2n) is 3.26. The fraction of sp³-hybridized carbons (Fsp3) is 0.300. The molecule has 0 aromatic heterocycles. The molecule has 0 aliphatic rings. The average molecular weight is 351 g/mol. The summed E-state index contributed by atoms with van der Waals surface area (Å²) in [5.74, 6) is -0.158. The van der Waals surface area contributed by atoms with E-state index in [1.165, 1.54) is 13.0 Å². The van der Waals surface area contributed by atoms with Gasteiger partial charge in [0.2, 0.25) is 0 Å². The highest BCUT2D eigenvalue weighted by Crippen LogP contribution is 2.32. The number of hydrogen-bond donors (Lipinski definition) is 0. The van der Waals surface area contributed by atoms with Gasteiger partial charge in [0.05, 0.1) is 10.5 Å². The summed E-state index contributed by atoms with van der Waals surface area (Å²) >= 11 is 6.38. The minimum atomic E-state index is -0.628. The molecule has 1 unspecified atom stereocenters. The maximum absolute atomic E-state index is 11.2. The van der Waals surface area contributed by atoms with Crippen LogP contribution < -0.4 is 0 Å². The van der Waals surface area contributed by atoms with E-state index >= 15 is 0 Å². The molecule has 1 atom stereocenters. The van der Waals surface area contributed by atoms with E-state index in [-0.39, 0.29) is 11.5 Å². The molecule has 0 saturated carbocycles. The van der Waals surface area contributed by atoms with Gasteiger partial charge in [-0.05, 0) is 12.5 Å². The molecule has 0 saturated heterocycles. The number of nitro groups is 1. The number of benzene rings is 1. The predicted molar refractivity (Wildman–Crippen MR) is 68.1 cm³/mol. The number of alkyl halides is 2. The molecule has 1 aromatic rings. The van der Waals surface area contributed by atoms with Crippen molar-refractivity contribution in [2.75, 3.05) is 0 Å². The Bertz CT molecular complexity index is 434. The van der Waals surface area contributed by atoms with Crippen LogP contribution in [-0.2, 0) is 10.1 Å². The summed E-state index contributed by atoms with van der Waals surface area (Å²) in [6.07, 6.45) is 0. The fourth-order valence-electron chi connectivity index (χ4n) is 1.26. The van der Waals surface area contributed by atoms with Crippen molar-refractivity contribution >= 4 is 43.3 Å². The van der Waals surface area contributed by atoms with E-state index in [0.29, 0.717) is 10.9 Å². The molecule has 0 aliphatic carbocycles. The monoisotopic (exact) mass is 349 g/mol. The Morgan fingerprint density at radius 3 is 2.62 bits per heavy atom. The highest BCUT2D eigenvalue weighted by atomic mass is 79.9. The van der Waals surface area contributed by atoms with E-state index < -0.39 is 9.75 Å². The first-order chi connectivity index (χ1) is 7.47. The van der Waals surface area contributed by atoms with Gasteiger partial charge in [0.1, 0.15) is 10.6 Å². The largest absolute Gasteiger partial charge is 0.298 e. The lowest BCUT2D eigenvalue weighted by Gasteiger charge is -2.08. The Labute approximate surface area is 109 Å². The molecule has 1 aromatic carbocycles. The van der Waals surface area contributed by atoms with Gasteiger partial charge in [0.15, 0.2) is 0 Å². The molecule has 16 heavy (non-hydrogen) atoms. The molecule has 0 bridgehead atoms. The van der Waals surface area contributed by atoms with Crippen LogP contribution in [0.2, 0.25) is 0 Å². The number of ketones is 1. The molecular weight excluding hydrogens is 342 g/mol. The normalized spacial score (nSPS) is 12.2. The summed E-state index contributed by atoms with van der Waals surface area (Å²) in [6.45, 7) is 1.39. The van der Waals surface area contributed by atoms with Gasteiger partial charge in [0, 0.05) is 11.4 Å². The van der Waals surface area contributed by atoms with Gasteiger partial charge in [-0.3, -0.25) is 14.9 Å². The number of rotatable bonds is 4. The van der Waals surface area contributed by atoms with Crippen molar-refractivity contribution in [1.29, 1.82) is 0 Å². The molecule has 4 nitrogen and oxygen atoms in total. The topological polar surface area (TPSA) is 60.2 Å². The molecule has 0 N–H and O–H groups in total. The van der Waals surface area contributed by atoms with E-state index in [1.54, 1.807) is 12.1 Å². The number of carbonyl (C=O) groups is 1. The van der Waals surface area contributed by atoms with E-state index in [0.717, 1.165) is 5.56 Å². The Morgan fingerprint density at radius 1 is 1.56 bits per heavy atom. The molecule has 0 fully saturated rings. The number of hydrogen-bond acceptors (Lipinski definition) is 3. The van der Waals surface area contributed by atoms with Crippen molar-refractivity contribution in [2.24, 2.45) is 0 Å². The van der Waals surface area contributed by atoms with Gasteiger partial charge in [0.25, 0.3) is 5.69 Å². The number of Topliss-reactive ketones (excluding diaryl/α,β-unsaturated/α-hetero) is 1. The minimum Gasteiger partial charge on any atom is -0.298 e. The molecule has 0 heterocycles. The van der Waals surface area contributed by atoms with Gasteiger partial charge in [-0.2, -0.15) is 0 Å². The smallest absolute Gasteiger partial charge is 0.274 e. The van der Waals surface area contributed by atoms with Crippen LogP contribution in [0.25, 0.3) is 0 Å². The molecular formula is C10H9Br2NO3. The van der Waals surface area contributed by atoms with Crippen molar-refractivity contribution < 1.29 is 9.72 Å². The van der Waals surface area contributed by atoms with Gasteiger partial charge in [-0.25, -0.2) is 0 Å². The molecule has 0 radical (unpaired) electrons. The molecule has 1 rings (SSSR count). The zero-order valence-corrected chi connectivity index (χ0v) is 11.6. The van der Waals surface area contributed by atoms with Crippen LogP contribution >= 0.6 is 31.9 Å². The summed E-state index contributed by atoms with van der Waals surface area (Å²) in [6, 6.07) is 4.84. The summed E-state index contributed by atoms with van der Waals surface area (Å²) in [7, 11) is 0. The van der Waals surface area contributed by atoms with Crippen LogP contribution in [0.5, 0.6) is 0 Å². The predicted octanol–water partition coefficient (Wildman–Crippen LogP) is 3.51. The van der Waals surface area contributed by atoms with E-state index in [9.17, 15) is 14.9 Å². The van der Waals surface area contributed by atoms with Crippen molar-refractivity contribution in [3.8, 4) is 0 Å². The van der Waals surface area contributed by atoms with Crippen LogP contribution in [0, 0.1) is 10.1 Å². The lowest BCUT2D eigenvalue weighted by atomic mass is 10.1. The average Bonchev–Trinajstić information content (AvgIpc) is 2.26. The Balaban J connectivity index is 3.28. The lowest BCUT2D eigenvalue weighted by Crippen LogP contribution is -2.05. The third-order valence-electron chi connectivity index (χ3n) is 2.08. The zero-order valence-electron chi connectivity index (χ0n) is 8.44. The maximum Gasteiger partial charge on any atom is 0.274 e. The molecule has 0 aliphatic heterocycles.